The van der Waals surface area contributed by atoms with Crippen molar-refractivity contribution in [2.45, 2.75) is 26.7 Å². The number of nitrogens with one attached hydrogen (secondary N) is 1. The van der Waals surface area contributed by atoms with Crippen LogP contribution in [0.1, 0.15) is 44.8 Å². The first kappa shape index (κ1) is 19.7. The van der Waals surface area contributed by atoms with Crippen molar-refractivity contribution in [2.75, 3.05) is 26.3 Å². The van der Waals surface area contributed by atoms with E-state index in [9.17, 15) is 9.59 Å². The van der Waals surface area contributed by atoms with Crippen LogP contribution in [-0.2, 0) is 0 Å². The molecular formula is C25H26N2O4. The van der Waals surface area contributed by atoms with E-state index in [1.165, 1.54) is 11.1 Å². The number of likely N-dealkylation sites (tertiary alicyclic amines) is 1. The molecule has 1 amide bonds. The molecule has 160 valence electrons. The summed E-state index contributed by atoms with van der Waals surface area (Å²) in [5, 5.41) is 1.09. The zero-order valence-corrected chi connectivity index (χ0v) is 17.9. The second-order valence-electron chi connectivity index (χ2n) is 8.44. The first-order chi connectivity index (χ1) is 15.0. The van der Waals surface area contributed by atoms with Gasteiger partial charge in [-0.2, -0.15) is 0 Å². The molecule has 2 aromatic carbocycles. The monoisotopic (exact) mass is 418 g/mol. The third kappa shape index (κ3) is 3.56. The highest BCUT2D eigenvalue weighted by Gasteiger charge is 2.29. The summed E-state index contributed by atoms with van der Waals surface area (Å²) in [5.41, 5.74) is 4.64. The topological polar surface area (TPSA) is 71.6 Å². The summed E-state index contributed by atoms with van der Waals surface area (Å²) < 4.78 is 11.1. The van der Waals surface area contributed by atoms with Gasteiger partial charge in [0, 0.05) is 35.5 Å². The molecule has 0 spiro atoms. The maximum absolute atomic E-state index is 13.1. The van der Waals surface area contributed by atoms with Gasteiger partial charge in [0.15, 0.2) is 17.3 Å². The van der Waals surface area contributed by atoms with E-state index in [-0.39, 0.29) is 17.6 Å². The smallest absolute Gasteiger partial charge is 0.270 e. The van der Waals surface area contributed by atoms with Crippen molar-refractivity contribution in [2.24, 2.45) is 5.92 Å². The largest absolute Gasteiger partial charge is 0.486 e. The van der Waals surface area contributed by atoms with Crippen molar-refractivity contribution < 1.29 is 19.1 Å². The SMILES string of the molecule is Cc1ccc2[nH]c(C(=O)N3CCC(C(=O)c4ccc5c(c4)OCCO5)CC3)cc2c1C. The number of aryl methyl sites for hydroxylation is 2. The standard InChI is InChI=1S/C25H26N2O4/c1-15-3-5-20-19(16(15)2)14-21(26-20)25(29)27-9-7-17(8-10-27)24(28)18-4-6-22-23(13-18)31-12-11-30-22/h3-6,13-14,17,26H,7-12H2,1-2H3. The Bertz CT molecular complexity index is 1170. The van der Waals surface area contributed by atoms with Crippen LogP contribution in [0.2, 0.25) is 0 Å². The Balaban J connectivity index is 1.26. The second kappa shape index (κ2) is 7.76. The van der Waals surface area contributed by atoms with Gasteiger partial charge < -0.3 is 19.4 Å². The molecule has 6 nitrogen and oxygen atoms in total. The third-order valence-electron chi connectivity index (χ3n) is 6.55. The maximum Gasteiger partial charge on any atom is 0.270 e. The molecule has 1 aromatic heterocycles. The summed E-state index contributed by atoms with van der Waals surface area (Å²) in [6.07, 6.45) is 1.33. The van der Waals surface area contributed by atoms with Crippen molar-refractivity contribution in [1.29, 1.82) is 0 Å². The number of carbonyl (C=O) groups excluding carboxylic acids is 2. The third-order valence-corrected chi connectivity index (χ3v) is 6.55. The lowest BCUT2D eigenvalue weighted by Gasteiger charge is -2.31. The number of H-pyrrole nitrogens is 1. The van der Waals surface area contributed by atoms with Gasteiger partial charge in [-0.05, 0) is 68.1 Å². The van der Waals surface area contributed by atoms with Gasteiger partial charge >= 0.3 is 0 Å². The van der Waals surface area contributed by atoms with Crippen LogP contribution < -0.4 is 9.47 Å². The zero-order chi connectivity index (χ0) is 21.5. The maximum atomic E-state index is 13.1. The second-order valence-corrected chi connectivity index (χ2v) is 8.44. The fourth-order valence-electron chi connectivity index (χ4n) is 4.52. The Labute approximate surface area is 181 Å². The van der Waals surface area contributed by atoms with Crippen molar-refractivity contribution in [3.63, 3.8) is 0 Å². The van der Waals surface area contributed by atoms with Gasteiger partial charge in [0.05, 0.1) is 0 Å². The van der Waals surface area contributed by atoms with Gasteiger partial charge in [0.25, 0.3) is 5.91 Å². The Morgan fingerprint density at radius 3 is 2.48 bits per heavy atom. The fourth-order valence-corrected chi connectivity index (χ4v) is 4.52. The number of ketones is 1. The highest BCUT2D eigenvalue weighted by Crippen LogP contribution is 2.33. The van der Waals surface area contributed by atoms with E-state index < -0.39 is 0 Å². The van der Waals surface area contributed by atoms with Crippen molar-refractivity contribution in [3.8, 4) is 11.5 Å². The normalized spacial score (nSPS) is 16.5. The van der Waals surface area contributed by atoms with Crippen LogP contribution in [-0.4, -0.2) is 47.9 Å². The summed E-state index contributed by atoms with van der Waals surface area (Å²) in [7, 11) is 0. The zero-order valence-electron chi connectivity index (χ0n) is 17.9. The number of rotatable bonds is 3. The first-order valence-corrected chi connectivity index (χ1v) is 10.8. The van der Waals surface area contributed by atoms with Gasteiger partial charge in [-0.25, -0.2) is 0 Å². The first-order valence-electron chi connectivity index (χ1n) is 10.8. The number of amides is 1. The number of carbonyl (C=O) groups is 2. The molecule has 0 unspecified atom stereocenters. The Morgan fingerprint density at radius 2 is 1.71 bits per heavy atom. The average Bonchev–Trinajstić information content (AvgIpc) is 3.25. The molecule has 1 saturated heterocycles. The molecule has 0 radical (unpaired) electrons. The van der Waals surface area contributed by atoms with Crippen LogP contribution in [0.5, 0.6) is 11.5 Å². The molecule has 2 aliphatic rings. The quantitative estimate of drug-likeness (QED) is 0.644. The number of ether oxygens (including phenoxy) is 2. The summed E-state index contributed by atoms with van der Waals surface area (Å²) >= 11 is 0. The molecule has 0 saturated carbocycles. The molecule has 5 rings (SSSR count). The highest BCUT2D eigenvalue weighted by atomic mass is 16.6. The molecule has 0 atom stereocenters. The number of hydrogen-bond acceptors (Lipinski definition) is 4. The molecular weight excluding hydrogens is 392 g/mol. The van der Waals surface area contributed by atoms with Gasteiger partial charge in [-0.1, -0.05) is 6.07 Å². The van der Waals surface area contributed by atoms with Crippen LogP contribution in [0.15, 0.2) is 36.4 Å². The Hall–Kier alpha value is -3.28. The van der Waals surface area contributed by atoms with E-state index in [1.54, 1.807) is 12.1 Å². The summed E-state index contributed by atoms with van der Waals surface area (Å²) in [6, 6.07) is 11.4. The van der Waals surface area contributed by atoms with E-state index in [0.717, 1.165) is 10.9 Å². The van der Waals surface area contributed by atoms with Crippen LogP contribution in [0.4, 0.5) is 0 Å². The van der Waals surface area contributed by atoms with Gasteiger partial charge in [-0.15, -0.1) is 0 Å². The molecule has 0 bridgehead atoms. The van der Waals surface area contributed by atoms with Crippen LogP contribution >= 0.6 is 0 Å². The Morgan fingerprint density at radius 1 is 0.968 bits per heavy atom. The summed E-state index contributed by atoms with van der Waals surface area (Å²) in [4.78, 5) is 31.2. The molecule has 6 heteroatoms. The van der Waals surface area contributed by atoms with Crippen LogP contribution in [0.3, 0.4) is 0 Å². The van der Waals surface area contributed by atoms with E-state index in [1.807, 2.05) is 23.1 Å². The molecule has 1 fully saturated rings. The highest BCUT2D eigenvalue weighted by molar-refractivity contribution is 6.00. The Kier molecular flexibility index (Phi) is 4.93. The number of Topliss-reactive ketones (excluding diaryl/α,β-unsaturated/α-hetero) is 1. The minimum Gasteiger partial charge on any atom is -0.486 e. The molecule has 2 aliphatic heterocycles. The summed E-state index contributed by atoms with van der Waals surface area (Å²) in [6.45, 7) is 6.34. The minimum atomic E-state index is -0.0841. The predicted octanol–water partition coefficient (Wildman–Crippen LogP) is 4.29. The summed E-state index contributed by atoms with van der Waals surface area (Å²) in [5.74, 6) is 1.35. The number of hydrogen-bond donors (Lipinski definition) is 1. The van der Waals surface area contributed by atoms with Crippen molar-refractivity contribution >= 4 is 22.6 Å². The number of benzene rings is 2. The number of fused-ring (bicyclic) bond motifs is 2. The van der Waals surface area contributed by atoms with Crippen molar-refractivity contribution in [3.05, 3.63) is 58.8 Å². The van der Waals surface area contributed by atoms with Gasteiger partial charge in [0.1, 0.15) is 18.9 Å². The number of aromatic nitrogens is 1. The number of aromatic amines is 1. The van der Waals surface area contributed by atoms with E-state index in [0.29, 0.717) is 61.9 Å². The van der Waals surface area contributed by atoms with E-state index >= 15 is 0 Å². The lowest BCUT2D eigenvalue weighted by atomic mass is 9.88. The van der Waals surface area contributed by atoms with Gasteiger partial charge in [-0.3, -0.25) is 9.59 Å². The van der Waals surface area contributed by atoms with Crippen molar-refractivity contribution in [1.82, 2.24) is 9.88 Å². The van der Waals surface area contributed by atoms with E-state index in [4.69, 9.17) is 9.47 Å². The molecule has 3 heterocycles. The van der Waals surface area contributed by atoms with E-state index in [2.05, 4.69) is 24.9 Å². The van der Waals surface area contributed by atoms with Crippen LogP contribution in [0.25, 0.3) is 10.9 Å². The fraction of sp³-hybridized carbons (Fsp3) is 0.360. The van der Waals surface area contributed by atoms with Gasteiger partial charge in [0.2, 0.25) is 0 Å². The van der Waals surface area contributed by atoms with Crippen LogP contribution in [0, 0.1) is 19.8 Å². The lowest BCUT2D eigenvalue weighted by molar-refractivity contribution is 0.0646. The molecule has 0 aliphatic carbocycles. The molecule has 3 aromatic rings. The lowest BCUT2D eigenvalue weighted by Crippen LogP contribution is -2.40. The number of nitrogens with zero attached hydrogens (tertiary/aromatic N) is 1. The average molecular weight is 418 g/mol. The predicted molar refractivity (Wildman–Crippen MR) is 118 cm³/mol. The number of piperidine rings is 1. The molecule has 31 heavy (non-hydrogen) atoms. The minimum absolute atomic E-state index is 0.00141. The molecule has 1 N–H and O–H groups in total.